The monoisotopic (exact) mass is 311 g/mol. The van der Waals surface area contributed by atoms with Crippen molar-refractivity contribution in [2.45, 2.75) is 37.3 Å². The Kier molecular flexibility index (Phi) is 5.46. The number of rotatable bonds is 6. The summed E-state index contributed by atoms with van der Waals surface area (Å²) in [5.74, 6) is 1.69. The summed E-state index contributed by atoms with van der Waals surface area (Å²) in [5, 5.41) is 9.29. The summed E-state index contributed by atoms with van der Waals surface area (Å²) < 4.78 is 5.58. The van der Waals surface area contributed by atoms with Crippen molar-refractivity contribution in [3.8, 4) is 0 Å². The van der Waals surface area contributed by atoms with Gasteiger partial charge < -0.3 is 10.2 Å². The average Bonchev–Trinajstić information content (AvgIpc) is 2.86. The molecule has 0 saturated carbocycles. The van der Waals surface area contributed by atoms with Crippen LogP contribution in [0.15, 0.2) is 33.9 Å². The highest BCUT2D eigenvalue weighted by atomic mass is 35.5. The van der Waals surface area contributed by atoms with Gasteiger partial charge >= 0.3 is 0 Å². The standard InChI is InChI=1S/C14H18ClN3OS/c1-9(2)7-12(16)13-17-18-14(19-13)20-8-10-5-3-4-6-11(10)15/h3-6,9,12H,7-8,16H2,1-2H3. The Morgan fingerprint density at radius 3 is 2.75 bits per heavy atom. The molecule has 0 spiro atoms. The second-order valence-corrected chi connectivity index (χ2v) is 6.36. The van der Waals surface area contributed by atoms with Crippen molar-refractivity contribution in [2.24, 2.45) is 11.7 Å². The molecular formula is C14H18ClN3OS. The van der Waals surface area contributed by atoms with Crippen LogP contribution in [0.25, 0.3) is 0 Å². The maximum atomic E-state index is 6.10. The summed E-state index contributed by atoms with van der Waals surface area (Å²) in [7, 11) is 0. The third-order valence-electron chi connectivity index (χ3n) is 2.77. The summed E-state index contributed by atoms with van der Waals surface area (Å²) in [6, 6.07) is 7.52. The van der Waals surface area contributed by atoms with Gasteiger partial charge in [0.2, 0.25) is 5.89 Å². The minimum atomic E-state index is -0.197. The van der Waals surface area contributed by atoms with E-state index in [-0.39, 0.29) is 6.04 Å². The van der Waals surface area contributed by atoms with E-state index in [1.165, 1.54) is 11.8 Å². The molecule has 20 heavy (non-hydrogen) atoms. The van der Waals surface area contributed by atoms with Crippen molar-refractivity contribution < 1.29 is 4.42 Å². The first-order chi connectivity index (χ1) is 9.56. The van der Waals surface area contributed by atoms with Gasteiger partial charge in [0, 0.05) is 10.8 Å². The molecule has 2 aromatic rings. The molecular weight excluding hydrogens is 294 g/mol. The zero-order valence-electron chi connectivity index (χ0n) is 11.5. The number of aromatic nitrogens is 2. The Labute approximate surface area is 128 Å². The smallest absolute Gasteiger partial charge is 0.276 e. The Hall–Kier alpha value is -1.04. The molecule has 1 atom stereocenters. The number of hydrogen-bond donors (Lipinski definition) is 1. The zero-order valence-corrected chi connectivity index (χ0v) is 13.1. The van der Waals surface area contributed by atoms with E-state index in [1.54, 1.807) is 0 Å². The van der Waals surface area contributed by atoms with Crippen LogP contribution in [0.4, 0.5) is 0 Å². The Morgan fingerprint density at radius 1 is 1.30 bits per heavy atom. The van der Waals surface area contributed by atoms with E-state index in [0.717, 1.165) is 17.0 Å². The van der Waals surface area contributed by atoms with Crippen LogP contribution < -0.4 is 5.73 Å². The van der Waals surface area contributed by atoms with Gasteiger partial charge in [-0.2, -0.15) is 0 Å². The van der Waals surface area contributed by atoms with Gasteiger partial charge in [0.15, 0.2) is 0 Å². The van der Waals surface area contributed by atoms with Gasteiger partial charge in [-0.1, -0.05) is 55.4 Å². The first kappa shape index (κ1) is 15.4. The van der Waals surface area contributed by atoms with Gasteiger partial charge in [0.1, 0.15) is 0 Å². The normalized spacial score (nSPS) is 12.8. The highest BCUT2D eigenvalue weighted by molar-refractivity contribution is 7.98. The van der Waals surface area contributed by atoms with Crippen molar-refractivity contribution in [3.05, 3.63) is 40.7 Å². The van der Waals surface area contributed by atoms with Crippen LogP contribution in [0.5, 0.6) is 0 Å². The summed E-state index contributed by atoms with van der Waals surface area (Å²) in [6.45, 7) is 4.23. The molecule has 1 aromatic heterocycles. The predicted molar refractivity (Wildman–Crippen MR) is 81.7 cm³/mol. The molecule has 108 valence electrons. The first-order valence-electron chi connectivity index (χ1n) is 6.51. The molecule has 2 rings (SSSR count). The fourth-order valence-corrected chi connectivity index (χ4v) is 2.85. The van der Waals surface area contributed by atoms with E-state index < -0.39 is 0 Å². The largest absolute Gasteiger partial charge is 0.414 e. The highest BCUT2D eigenvalue weighted by Crippen LogP contribution is 2.27. The Bertz CT molecular complexity index is 559. The van der Waals surface area contributed by atoms with Crippen LogP contribution in [0.3, 0.4) is 0 Å². The van der Waals surface area contributed by atoms with E-state index in [0.29, 0.717) is 22.8 Å². The first-order valence-corrected chi connectivity index (χ1v) is 7.87. The number of nitrogens with zero attached hydrogens (tertiary/aromatic N) is 2. The lowest BCUT2D eigenvalue weighted by Gasteiger charge is -2.08. The van der Waals surface area contributed by atoms with E-state index in [2.05, 4.69) is 24.0 Å². The number of halogens is 1. The molecule has 0 bridgehead atoms. The molecule has 0 aliphatic carbocycles. The van der Waals surface area contributed by atoms with Crippen LogP contribution >= 0.6 is 23.4 Å². The minimum absolute atomic E-state index is 0.197. The number of benzene rings is 1. The second kappa shape index (κ2) is 7.11. The lowest BCUT2D eigenvalue weighted by atomic mass is 10.1. The number of hydrogen-bond acceptors (Lipinski definition) is 5. The summed E-state index contributed by atoms with van der Waals surface area (Å²) in [5.41, 5.74) is 7.06. The van der Waals surface area contributed by atoms with E-state index in [9.17, 15) is 0 Å². The number of thioether (sulfide) groups is 1. The van der Waals surface area contributed by atoms with Gasteiger partial charge in [-0.05, 0) is 24.0 Å². The van der Waals surface area contributed by atoms with Crippen LogP contribution in [0, 0.1) is 5.92 Å². The minimum Gasteiger partial charge on any atom is -0.414 e. The van der Waals surface area contributed by atoms with Crippen molar-refractivity contribution in [2.75, 3.05) is 0 Å². The predicted octanol–water partition coefficient (Wildman–Crippen LogP) is 4.06. The van der Waals surface area contributed by atoms with Crippen LogP contribution in [0.1, 0.15) is 37.8 Å². The molecule has 1 aromatic carbocycles. The van der Waals surface area contributed by atoms with Crippen molar-refractivity contribution >= 4 is 23.4 Å². The van der Waals surface area contributed by atoms with Crippen LogP contribution in [0.2, 0.25) is 5.02 Å². The molecule has 4 nitrogen and oxygen atoms in total. The Morgan fingerprint density at radius 2 is 2.05 bits per heavy atom. The molecule has 0 radical (unpaired) electrons. The number of nitrogens with two attached hydrogens (primary N) is 1. The van der Waals surface area contributed by atoms with Gasteiger partial charge in [-0.25, -0.2) is 0 Å². The third kappa shape index (κ3) is 4.23. The molecule has 6 heteroatoms. The lowest BCUT2D eigenvalue weighted by Crippen LogP contribution is -2.13. The van der Waals surface area contributed by atoms with Crippen LogP contribution in [-0.2, 0) is 5.75 Å². The molecule has 0 aliphatic heterocycles. The SMILES string of the molecule is CC(C)CC(N)c1nnc(SCc2ccccc2Cl)o1. The molecule has 1 heterocycles. The maximum absolute atomic E-state index is 6.10. The second-order valence-electron chi connectivity index (χ2n) is 5.02. The van der Waals surface area contributed by atoms with Crippen molar-refractivity contribution in [1.29, 1.82) is 0 Å². The van der Waals surface area contributed by atoms with Crippen LogP contribution in [-0.4, -0.2) is 10.2 Å². The summed E-state index contributed by atoms with van der Waals surface area (Å²) >= 11 is 7.57. The van der Waals surface area contributed by atoms with Gasteiger partial charge in [-0.3, -0.25) is 0 Å². The lowest BCUT2D eigenvalue weighted by molar-refractivity contribution is 0.361. The van der Waals surface area contributed by atoms with E-state index >= 15 is 0 Å². The topological polar surface area (TPSA) is 64.9 Å². The van der Waals surface area contributed by atoms with Crippen molar-refractivity contribution in [3.63, 3.8) is 0 Å². The molecule has 0 fully saturated rings. The van der Waals surface area contributed by atoms with Gasteiger partial charge in [-0.15, -0.1) is 10.2 Å². The highest BCUT2D eigenvalue weighted by Gasteiger charge is 2.16. The molecule has 1 unspecified atom stereocenters. The van der Waals surface area contributed by atoms with E-state index in [1.807, 2.05) is 24.3 Å². The Balaban J connectivity index is 1.95. The zero-order chi connectivity index (χ0) is 14.5. The quantitative estimate of drug-likeness (QED) is 0.815. The van der Waals surface area contributed by atoms with Gasteiger partial charge in [0.05, 0.1) is 6.04 Å². The fraction of sp³-hybridized carbons (Fsp3) is 0.429. The third-order valence-corrected chi connectivity index (χ3v) is 4.01. The summed E-state index contributed by atoms with van der Waals surface area (Å²) in [6.07, 6.45) is 0.830. The van der Waals surface area contributed by atoms with Crippen molar-refractivity contribution in [1.82, 2.24) is 10.2 Å². The fourth-order valence-electron chi connectivity index (χ4n) is 1.79. The average molecular weight is 312 g/mol. The maximum Gasteiger partial charge on any atom is 0.276 e. The molecule has 0 saturated heterocycles. The summed E-state index contributed by atoms with van der Waals surface area (Å²) in [4.78, 5) is 0. The van der Waals surface area contributed by atoms with E-state index in [4.69, 9.17) is 21.8 Å². The molecule has 0 amide bonds. The molecule has 2 N–H and O–H groups in total. The molecule has 0 aliphatic rings. The van der Waals surface area contributed by atoms with Gasteiger partial charge in [0.25, 0.3) is 5.22 Å².